The van der Waals surface area contributed by atoms with Gasteiger partial charge in [0.15, 0.2) is 0 Å². The number of rotatable bonds is 9. The molecule has 0 amide bonds. The highest BCUT2D eigenvalue weighted by Crippen LogP contribution is 2.46. The molecule has 0 aromatic heterocycles. The second-order valence-corrected chi connectivity index (χ2v) is 9.43. The summed E-state index contributed by atoms with van der Waals surface area (Å²) in [6, 6.07) is 0. The largest absolute Gasteiger partial charge is 0.394 e. The molecule has 0 N–H and O–H groups in total. The molecule has 0 aliphatic heterocycles. The van der Waals surface area contributed by atoms with Crippen LogP contribution in [-0.4, -0.2) is 21.8 Å². The van der Waals surface area contributed by atoms with Crippen molar-refractivity contribution in [3.8, 4) is 0 Å². The Morgan fingerprint density at radius 1 is 1.06 bits per heavy atom. The molecule has 1 saturated carbocycles. The molecule has 18 heavy (non-hydrogen) atoms. The second kappa shape index (κ2) is 8.34. The number of hydrogen-bond donors (Lipinski definition) is 0. The summed E-state index contributed by atoms with van der Waals surface area (Å²) in [6.07, 6.45) is 9.28. The van der Waals surface area contributed by atoms with Crippen LogP contribution in [0.3, 0.4) is 0 Å². The third-order valence-corrected chi connectivity index (χ3v) is 9.20. The summed E-state index contributed by atoms with van der Waals surface area (Å²) >= 11 is 0. The predicted octanol–water partition coefficient (Wildman–Crippen LogP) is 5.03. The third-order valence-electron chi connectivity index (χ3n) is 4.34. The first-order chi connectivity index (χ1) is 8.71. The van der Waals surface area contributed by atoms with Crippen molar-refractivity contribution in [2.24, 2.45) is 0 Å². The normalized spacial score (nSPS) is 19.3. The topological polar surface area (TPSA) is 18.5 Å². The van der Waals surface area contributed by atoms with Crippen LogP contribution in [0.4, 0.5) is 0 Å². The Morgan fingerprint density at radius 2 is 1.61 bits per heavy atom. The molecule has 1 atom stereocenters. The first kappa shape index (κ1) is 16.2. The van der Waals surface area contributed by atoms with Gasteiger partial charge >= 0.3 is 8.56 Å². The van der Waals surface area contributed by atoms with Crippen molar-refractivity contribution in [2.45, 2.75) is 83.7 Å². The molecule has 0 saturated heterocycles. The molecule has 3 heteroatoms. The lowest BCUT2D eigenvalue weighted by molar-refractivity contribution is 0.160. The van der Waals surface area contributed by atoms with Gasteiger partial charge in [-0.15, -0.1) is 0 Å². The third kappa shape index (κ3) is 3.81. The maximum Gasteiger partial charge on any atom is 0.344 e. The molecular formula is C15H32O2Si. The van der Waals surface area contributed by atoms with Gasteiger partial charge in [-0.2, -0.15) is 0 Å². The van der Waals surface area contributed by atoms with Gasteiger partial charge in [0, 0.05) is 24.3 Å². The summed E-state index contributed by atoms with van der Waals surface area (Å²) < 4.78 is 12.7. The van der Waals surface area contributed by atoms with Gasteiger partial charge in [0.25, 0.3) is 0 Å². The van der Waals surface area contributed by atoms with Crippen molar-refractivity contribution in [3.05, 3.63) is 0 Å². The minimum atomic E-state index is -2.00. The maximum atomic E-state index is 6.33. The van der Waals surface area contributed by atoms with Gasteiger partial charge in [-0.05, 0) is 33.1 Å². The molecule has 108 valence electrons. The van der Waals surface area contributed by atoms with Crippen LogP contribution < -0.4 is 0 Å². The molecule has 0 aromatic carbocycles. The lowest BCUT2D eigenvalue weighted by Gasteiger charge is -2.40. The number of unbranched alkanes of at least 4 members (excludes halogenated alkanes) is 1. The van der Waals surface area contributed by atoms with E-state index in [-0.39, 0.29) is 0 Å². The summed E-state index contributed by atoms with van der Waals surface area (Å²) in [6.45, 7) is 10.5. The molecule has 1 unspecified atom stereocenters. The van der Waals surface area contributed by atoms with Crippen LogP contribution in [0.15, 0.2) is 0 Å². The van der Waals surface area contributed by atoms with Gasteiger partial charge in [-0.25, -0.2) is 0 Å². The van der Waals surface area contributed by atoms with E-state index in [0.717, 1.165) is 18.8 Å². The zero-order valence-electron chi connectivity index (χ0n) is 12.8. The van der Waals surface area contributed by atoms with Crippen molar-refractivity contribution < 1.29 is 8.85 Å². The molecule has 0 radical (unpaired) electrons. The molecule has 2 nitrogen and oxygen atoms in total. The van der Waals surface area contributed by atoms with E-state index in [9.17, 15) is 0 Å². The molecular weight excluding hydrogens is 240 g/mol. The Morgan fingerprint density at radius 3 is 2.06 bits per heavy atom. The van der Waals surface area contributed by atoms with Crippen molar-refractivity contribution in [1.29, 1.82) is 0 Å². The van der Waals surface area contributed by atoms with Crippen LogP contribution in [0, 0.1) is 0 Å². The number of hydrogen-bond acceptors (Lipinski definition) is 2. The Labute approximate surface area is 115 Å². The molecule has 1 fully saturated rings. The van der Waals surface area contributed by atoms with Crippen molar-refractivity contribution in [2.75, 3.05) is 13.2 Å². The zero-order valence-corrected chi connectivity index (χ0v) is 13.8. The Bertz CT molecular complexity index is 209. The summed E-state index contributed by atoms with van der Waals surface area (Å²) in [7, 11) is -2.00. The maximum absolute atomic E-state index is 6.33. The Hall–Kier alpha value is 0.137. The Balaban J connectivity index is 2.80. The highest BCUT2D eigenvalue weighted by Gasteiger charge is 2.50. The fourth-order valence-electron chi connectivity index (χ4n) is 3.46. The van der Waals surface area contributed by atoms with Gasteiger partial charge in [0.1, 0.15) is 0 Å². The summed E-state index contributed by atoms with van der Waals surface area (Å²) in [5, 5.41) is 0. The average molecular weight is 273 g/mol. The molecule has 1 aliphatic carbocycles. The van der Waals surface area contributed by atoms with Crippen molar-refractivity contribution >= 4 is 8.56 Å². The van der Waals surface area contributed by atoms with Crippen LogP contribution in [0.1, 0.15) is 72.6 Å². The first-order valence-electron chi connectivity index (χ1n) is 7.99. The first-order valence-corrected chi connectivity index (χ1v) is 9.96. The van der Waals surface area contributed by atoms with E-state index in [4.69, 9.17) is 8.85 Å². The summed E-state index contributed by atoms with van der Waals surface area (Å²) in [5.41, 5.74) is 1.38. The van der Waals surface area contributed by atoms with E-state index in [2.05, 4.69) is 27.7 Å². The van der Waals surface area contributed by atoms with Crippen molar-refractivity contribution in [3.63, 3.8) is 0 Å². The highest BCUT2D eigenvalue weighted by atomic mass is 28.4. The van der Waals surface area contributed by atoms with Crippen molar-refractivity contribution in [1.82, 2.24) is 0 Å². The summed E-state index contributed by atoms with van der Waals surface area (Å²) in [4.78, 5) is 0. The van der Waals surface area contributed by atoms with Gasteiger partial charge < -0.3 is 8.85 Å². The van der Waals surface area contributed by atoms with E-state index in [0.29, 0.717) is 5.54 Å². The molecule has 0 aromatic rings. The monoisotopic (exact) mass is 272 g/mol. The van der Waals surface area contributed by atoms with Crippen LogP contribution >= 0.6 is 0 Å². The van der Waals surface area contributed by atoms with Crippen LogP contribution in [-0.2, 0) is 8.85 Å². The fraction of sp³-hybridized carbons (Fsp3) is 1.00. The smallest absolute Gasteiger partial charge is 0.344 e. The van der Waals surface area contributed by atoms with E-state index in [1.807, 2.05) is 0 Å². The molecule has 0 heterocycles. The van der Waals surface area contributed by atoms with E-state index < -0.39 is 8.56 Å². The van der Waals surface area contributed by atoms with Crippen LogP contribution in [0.25, 0.3) is 0 Å². The SMILES string of the molecule is CCCCC(C)[Si](OCC)(OCC)C1CCCC1. The predicted molar refractivity (Wildman–Crippen MR) is 80.2 cm³/mol. The summed E-state index contributed by atoms with van der Waals surface area (Å²) in [5.74, 6) is 0. The molecule has 1 rings (SSSR count). The van der Waals surface area contributed by atoms with E-state index >= 15 is 0 Å². The Kier molecular flexibility index (Phi) is 7.50. The van der Waals surface area contributed by atoms with Crippen LogP contribution in [0.5, 0.6) is 0 Å². The molecule has 1 aliphatic rings. The molecule has 0 spiro atoms. The lowest BCUT2D eigenvalue weighted by Crippen LogP contribution is -2.50. The minimum Gasteiger partial charge on any atom is -0.394 e. The highest BCUT2D eigenvalue weighted by molar-refractivity contribution is 6.70. The van der Waals surface area contributed by atoms with Crippen LogP contribution in [0.2, 0.25) is 11.1 Å². The van der Waals surface area contributed by atoms with Gasteiger partial charge in [-0.3, -0.25) is 0 Å². The fourth-order valence-corrected chi connectivity index (χ4v) is 8.11. The van der Waals surface area contributed by atoms with Gasteiger partial charge in [0.2, 0.25) is 0 Å². The quantitative estimate of drug-likeness (QED) is 0.548. The standard InChI is InChI=1S/C15H32O2Si/c1-5-8-11-14(4)18(16-6-2,17-7-3)15-12-9-10-13-15/h14-15H,5-13H2,1-4H3. The average Bonchev–Trinajstić information content (AvgIpc) is 2.89. The minimum absolute atomic E-state index is 0.639. The lowest BCUT2D eigenvalue weighted by atomic mass is 10.2. The second-order valence-electron chi connectivity index (χ2n) is 5.61. The zero-order chi connectivity index (χ0) is 13.4. The van der Waals surface area contributed by atoms with E-state index in [1.165, 1.54) is 44.9 Å². The molecule has 0 bridgehead atoms. The van der Waals surface area contributed by atoms with E-state index in [1.54, 1.807) is 0 Å². The van der Waals surface area contributed by atoms with Gasteiger partial charge in [-0.1, -0.05) is 39.5 Å². The van der Waals surface area contributed by atoms with Gasteiger partial charge in [0.05, 0.1) is 0 Å².